The Balaban J connectivity index is 0.000000283. The number of nitrogens with one attached hydrogen (secondary N) is 9. The van der Waals surface area contributed by atoms with Crippen molar-refractivity contribution in [3.8, 4) is 5.75 Å². The number of rotatable bonds is 23. The molecule has 1 heterocycles. The predicted octanol–water partition coefficient (Wildman–Crippen LogP) is 8.44. The number of ether oxygens (including phenoxy) is 1. The van der Waals surface area contributed by atoms with Crippen LogP contribution in [0.3, 0.4) is 0 Å². The zero-order valence-corrected chi connectivity index (χ0v) is 51.9. The highest BCUT2D eigenvalue weighted by atomic mass is 35.5. The zero-order chi connectivity index (χ0) is 65.2. The highest BCUT2D eigenvalue weighted by Gasteiger charge is 2.27. The second-order valence-electron chi connectivity index (χ2n) is 19.9. The minimum Gasteiger partial charge on any atom is -0.491 e. The lowest BCUT2D eigenvalue weighted by Gasteiger charge is -2.19. The van der Waals surface area contributed by atoms with Gasteiger partial charge in [-0.2, -0.15) is 0 Å². The minimum absolute atomic E-state index is 0.00639. The Morgan fingerprint density at radius 3 is 1.15 bits per heavy atom. The average Bonchev–Trinajstić information content (AvgIpc) is 1.46. The van der Waals surface area contributed by atoms with Gasteiger partial charge < -0.3 is 67.9 Å². The van der Waals surface area contributed by atoms with Gasteiger partial charge >= 0.3 is 36.0 Å². The van der Waals surface area contributed by atoms with Crippen LogP contribution in [0.25, 0.3) is 0 Å². The standard InChI is InChI=1S/C24H31N3O5.C19H19Cl2N3O4.C18H18Cl2N4O4/c1-14(2)32-19-10-16(4)21(17(5)11-19)22(28)27-20(23(29)30)13-26-24(31)25-12-18-8-6-15(3)7-9-18;1-11-4-2-5-12(8-11)9-22-19(28)23-10-15(18(26)27)24-17(25)16-13(20)6-3-7-14(16)21;1-10-2-4-11(5-3-10)6-22-18(28)23-9-14(17(26)27)24-16(25)15-12(19)7-21-8-13(15)20/h6-11,14,20H,12-13H2,1-5H3,(H,27,28)(H,29,30)(H2,25,26,31);2-8,15H,9-10H2,1H3,(H,24,25)(H,26,27)(H2,22,23,28);2-5,7-8,14H,6,9H2,1H3,(H,24,25)(H,26,27)(H2,22,23,28)/t20-;15-;14-/m000/s1. The summed E-state index contributed by atoms with van der Waals surface area (Å²) >= 11 is 23.7. The summed E-state index contributed by atoms with van der Waals surface area (Å²) < 4.78 is 5.68. The van der Waals surface area contributed by atoms with Crippen molar-refractivity contribution in [3.63, 3.8) is 0 Å². The maximum atomic E-state index is 12.8. The minimum atomic E-state index is -1.38. The van der Waals surface area contributed by atoms with Crippen molar-refractivity contribution in [2.45, 2.75) is 92.3 Å². The summed E-state index contributed by atoms with van der Waals surface area (Å²) in [7, 11) is 0. The van der Waals surface area contributed by atoms with E-state index in [9.17, 15) is 58.5 Å². The molecule has 9 amide bonds. The van der Waals surface area contributed by atoms with E-state index in [-0.39, 0.29) is 70.0 Å². The Bertz CT molecular complexity index is 3380. The van der Waals surface area contributed by atoms with E-state index in [1.165, 1.54) is 24.5 Å². The van der Waals surface area contributed by atoms with Crippen molar-refractivity contribution in [2.24, 2.45) is 0 Å². The quantitative estimate of drug-likeness (QED) is 0.0286. The molecule has 27 heteroatoms. The predicted molar refractivity (Wildman–Crippen MR) is 333 cm³/mol. The molecule has 23 nitrogen and oxygen atoms in total. The van der Waals surface area contributed by atoms with Crippen molar-refractivity contribution < 1.29 is 63.2 Å². The Morgan fingerprint density at radius 2 is 0.784 bits per heavy atom. The molecule has 0 unspecified atom stereocenters. The van der Waals surface area contributed by atoms with Gasteiger partial charge in [-0.1, -0.05) is 142 Å². The molecular formula is C61H68Cl4N10O13. The molecule has 0 aliphatic carbocycles. The number of aryl methyl sites for hydroxylation is 5. The van der Waals surface area contributed by atoms with Gasteiger partial charge in [-0.3, -0.25) is 19.4 Å². The number of aromatic nitrogens is 1. The van der Waals surface area contributed by atoms with Crippen LogP contribution in [0.1, 0.15) is 89.4 Å². The number of nitrogens with zero attached hydrogens (tertiary/aromatic N) is 1. The van der Waals surface area contributed by atoms with Crippen LogP contribution in [-0.2, 0) is 34.0 Å². The first-order valence-electron chi connectivity index (χ1n) is 27.0. The fourth-order valence-electron chi connectivity index (χ4n) is 7.81. The number of aliphatic carboxylic acids is 3. The summed E-state index contributed by atoms with van der Waals surface area (Å²) in [6, 6.07) is 25.2. The molecule has 6 rings (SSSR count). The molecule has 0 saturated carbocycles. The van der Waals surface area contributed by atoms with E-state index in [0.29, 0.717) is 29.0 Å². The molecule has 0 aliphatic rings. The summed E-state index contributed by atoms with van der Waals surface area (Å²) in [6.07, 6.45) is 2.43. The van der Waals surface area contributed by atoms with Crippen LogP contribution in [0.4, 0.5) is 14.4 Å². The Morgan fingerprint density at radius 1 is 0.432 bits per heavy atom. The number of urea groups is 3. The summed E-state index contributed by atoms with van der Waals surface area (Å²) in [5, 5.41) is 50.5. The van der Waals surface area contributed by atoms with Crippen LogP contribution in [0.5, 0.6) is 5.75 Å². The fraction of sp³-hybridized carbons (Fsp3) is 0.279. The number of hydrogen-bond donors (Lipinski definition) is 12. The molecule has 3 atom stereocenters. The van der Waals surface area contributed by atoms with Gasteiger partial charge in [0.1, 0.15) is 23.9 Å². The Labute approximate surface area is 528 Å². The lowest BCUT2D eigenvalue weighted by Crippen LogP contribution is -2.50. The van der Waals surface area contributed by atoms with Gasteiger partial charge in [0.2, 0.25) is 0 Å². The lowest BCUT2D eigenvalue weighted by molar-refractivity contribution is -0.140. The maximum absolute atomic E-state index is 12.8. The highest BCUT2D eigenvalue weighted by Crippen LogP contribution is 2.26. The summed E-state index contributed by atoms with van der Waals surface area (Å²) in [6.45, 7) is 13.2. The third-order valence-electron chi connectivity index (χ3n) is 12.3. The third kappa shape index (κ3) is 24.3. The molecule has 6 aromatic rings. The number of hydrogen-bond acceptors (Lipinski definition) is 11. The van der Waals surface area contributed by atoms with Gasteiger partial charge in [0.25, 0.3) is 17.7 Å². The number of carbonyl (C=O) groups is 9. The van der Waals surface area contributed by atoms with E-state index in [1.54, 1.807) is 32.0 Å². The topological polar surface area (TPSA) is 345 Å². The fourth-order valence-corrected chi connectivity index (χ4v) is 8.91. The molecule has 0 bridgehead atoms. The number of benzene rings is 5. The number of carbonyl (C=O) groups excluding carboxylic acids is 6. The van der Waals surface area contributed by atoms with Crippen molar-refractivity contribution >= 4 is 100 Å². The molecule has 468 valence electrons. The van der Waals surface area contributed by atoms with Gasteiger partial charge in [0, 0.05) is 37.6 Å². The smallest absolute Gasteiger partial charge is 0.328 e. The Hall–Kier alpha value is -9.16. The van der Waals surface area contributed by atoms with Crippen molar-refractivity contribution in [1.29, 1.82) is 0 Å². The van der Waals surface area contributed by atoms with Crippen LogP contribution in [-0.4, -0.2) is 118 Å². The van der Waals surface area contributed by atoms with Gasteiger partial charge in [0.05, 0.1) is 57.0 Å². The monoisotopic (exact) mass is 1290 g/mol. The number of amides is 9. The molecular weight excluding hydrogens is 1220 g/mol. The van der Waals surface area contributed by atoms with E-state index < -0.39 is 71.8 Å². The van der Waals surface area contributed by atoms with Crippen LogP contribution in [0.15, 0.2) is 116 Å². The third-order valence-corrected chi connectivity index (χ3v) is 13.5. The van der Waals surface area contributed by atoms with E-state index >= 15 is 0 Å². The number of pyridine rings is 1. The van der Waals surface area contributed by atoms with Crippen molar-refractivity contribution in [2.75, 3.05) is 19.6 Å². The first-order valence-corrected chi connectivity index (χ1v) is 28.5. The zero-order valence-electron chi connectivity index (χ0n) is 48.9. The first-order chi connectivity index (χ1) is 41.6. The molecule has 1 aromatic heterocycles. The number of carboxylic acids is 3. The van der Waals surface area contributed by atoms with Crippen molar-refractivity contribution in [1.82, 2.24) is 52.8 Å². The number of carboxylic acid groups (broad SMARTS) is 3. The molecule has 88 heavy (non-hydrogen) atoms. The summed E-state index contributed by atoms with van der Waals surface area (Å²) in [5.41, 5.74) is 7.62. The Kier molecular flexibility index (Phi) is 28.7. The number of halogens is 4. The van der Waals surface area contributed by atoms with Crippen LogP contribution in [0.2, 0.25) is 20.1 Å². The van der Waals surface area contributed by atoms with Gasteiger partial charge in [0.15, 0.2) is 0 Å². The first kappa shape index (κ1) is 71.3. The molecule has 0 aliphatic heterocycles. The van der Waals surface area contributed by atoms with Gasteiger partial charge in [-0.15, -0.1) is 0 Å². The van der Waals surface area contributed by atoms with E-state index in [0.717, 1.165) is 33.4 Å². The van der Waals surface area contributed by atoms with Crippen LogP contribution < -0.4 is 52.6 Å². The summed E-state index contributed by atoms with van der Waals surface area (Å²) in [5.74, 6) is -5.29. The second kappa shape index (κ2) is 35.5. The van der Waals surface area contributed by atoms with Crippen LogP contribution >= 0.6 is 46.4 Å². The summed E-state index contributed by atoms with van der Waals surface area (Å²) in [4.78, 5) is 111. The largest absolute Gasteiger partial charge is 0.491 e. The molecule has 0 fully saturated rings. The lowest BCUT2D eigenvalue weighted by atomic mass is 10.0. The maximum Gasteiger partial charge on any atom is 0.328 e. The molecule has 5 aromatic carbocycles. The van der Waals surface area contributed by atoms with Gasteiger partial charge in [-0.25, -0.2) is 28.8 Å². The highest BCUT2D eigenvalue weighted by molar-refractivity contribution is 6.40. The normalized spacial score (nSPS) is 11.5. The molecule has 0 saturated heterocycles. The van der Waals surface area contributed by atoms with Crippen molar-refractivity contribution in [3.05, 3.63) is 197 Å². The van der Waals surface area contributed by atoms with E-state index in [2.05, 4.69) is 52.8 Å². The second-order valence-corrected chi connectivity index (χ2v) is 21.5. The molecule has 0 spiro atoms. The average molecular weight is 1290 g/mol. The SMILES string of the molecule is Cc1ccc(CNC(=O)NC[C@H](NC(=O)c2c(C)cc(OC(C)C)cc2C)C(=O)O)cc1.Cc1ccc(CNC(=O)NC[C@H](NC(=O)c2c(Cl)cncc2Cl)C(=O)O)cc1.Cc1cccc(CNC(=O)NC[C@H](NC(=O)c2c(Cl)cccc2Cl)C(=O)O)c1. The van der Waals surface area contributed by atoms with Crippen LogP contribution in [0, 0.1) is 34.6 Å². The molecule has 0 radical (unpaired) electrons. The molecule has 12 N–H and O–H groups in total. The van der Waals surface area contributed by atoms with Gasteiger partial charge in [-0.05, 0) is 101 Å². The van der Waals surface area contributed by atoms with E-state index in [4.69, 9.17) is 51.1 Å². The van der Waals surface area contributed by atoms with E-state index in [1.807, 2.05) is 107 Å².